The fourth-order valence-corrected chi connectivity index (χ4v) is 10.2. The lowest BCUT2D eigenvalue weighted by molar-refractivity contribution is -0.148. The largest absolute Gasteiger partial charge is 0.394 e. The molecule has 3 fully saturated rings. The Morgan fingerprint density at radius 3 is 2.38 bits per heavy atom. The zero-order chi connectivity index (χ0) is 28.7. The van der Waals surface area contributed by atoms with E-state index in [2.05, 4.69) is 29.1 Å². The molecule has 7 nitrogen and oxygen atoms in total. The molecule has 212 valence electrons. The van der Waals surface area contributed by atoms with Crippen LogP contribution in [0.15, 0.2) is 55.6 Å². The second-order valence-corrected chi connectivity index (χ2v) is 14.4. The molecule has 3 heterocycles. The van der Waals surface area contributed by atoms with Crippen molar-refractivity contribution in [1.82, 2.24) is 9.80 Å². The molecule has 39 heavy (non-hydrogen) atoms. The fraction of sp³-hybridized carbons (Fsp3) is 0.567. The zero-order valence-corrected chi connectivity index (χ0v) is 25.7. The summed E-state index contributed by atoms with van der Waals surface area (Å²) in [7, 11) is 0. The first-order chi connectivity index (χ1) is 18.5. The number of fused-ring (bicyclic) bond motifs is 1. The Morgan fingerprint density at radius 1 is 1.21 bits per heavy atom. The van der Waals surface area contributed by atoms with Crippen LogP contribution in [0.1, 0.15) is 40.5 Å². The minimum atomic E-state index is -0.788. The van der Waals surface area contributed by atoms with Gasteiger partial charge in [-0.1, -0.05) is 53.2 Å². The van der Waals surface area contributed by atoms with Gasteiger partial charge >= 0.3 is 0 Å². The molecule has 4 rings (SSSR count). The number of thioether (sulfide) groups is 1. The third-order valence-corrected chi connectivity index (χ3v) is 11.6. The molecule has 1 aromatic rings. The number of carbonyl (C=O) groups excluding carboxylic acids is 3. The quantitative estimate of drug-likeness (QED) is 0.313. The van der Waals surface area contributed by atoms with Crippen LogP contribution in [-0.2, 0) is 14.4 Å². The van der Waals surface area contributed by atoms with Crippen molar-refractivity contribution < 1.29 is 19.5 Å². The summed E-state index contributed by atoms with van der Waals surface area (Å²) in [6.07, 6.45) is 4.49. The highest BCUT2D eigenvalue weighted by Crippen LogP contribution is 2.68. The van der Waals surface area contributed by atoms with Crippen LogP contribution in [0.2, 0.25) is 0 Å². The topological polar surface area (TPSA) is 81.2 Å². The standard InChI is InChI=1S/C30H40BrN3O4S/c1-7-15-32(20-13-11-10-12-14-20)26(36)22-23-27(37)34(19(9-3)18-35)25(30(23)17-21(31)24(22)39-30)28(38)33(16-8-2)29(4,5)6/h7-8,10-14,19,21-25,35H,1-2,9,15-18H2,3-6H3/t19-,21?,22+,23-,24+,25?,30?/m0/s1. The van der Waals surface area contributed by atoms with Crippen LogP contribution in [0.3, 0.4) is 0 Å². The third kappa shape index (κ3) is 4.88. The molecule has 1 aromatic carbocycles. The van der Waals surface area contributed by atoms with Gasteiger partial charge in [0.25, 0.3) is 0 Å². The maximum Gasteiger partial charge on any atom is 0.247 e. The summed E-state index contributed by atoms with van der Waals surface area (Å²) in [5, 5.41) is 10.2. The molecule has 0 aliphatic carbocycles. The van der Waals surface area contributed by atoms with Gasteiger partial charge in [-0.15, -0.1) is 24.9 Å². The zero-order valence-electron chi connectivity index (χ0n) is 23.3. The molecule has 0 radical (unpaired) electrons. The monoisotopic (exact) mass is 617 g/mol. The van der Waals surface area contributed by atoms with E-state index in [-0.39, 0.29) is 34.4 Å². The Morgan fingerprint density at radius 2 is 1.85 bits per heavy atom. The van der Waals surface area contributed by atoms with Crippen LogP contribution in [0.25, 0.3) is 0 Å². The predicted octanol–water partition coefficient (Wildman–Crippen LogP) is 4.25. The van der Waals surface area contributed by atoms with Crippen LogP contribution < -0.4 is 4.90 Å². The molecule has 3 aliphatic heterocycles. The molecule has 2 bridgehead atoms. The van der Waals surface area contributed by atoms with E-state index in [9.17, 15) is 19.5 Å². The molecule has 9 heteroatoms. The van der Waals surface area contributed by atoms with Gasteiger partial charge in [0.15, 0.2) is 0 Å². The molecule has 7 atom stereocenters. The minimum absolute atomic E-state index is 0.0335. The number of likely N-dealkylation sites (tertiary alicyclic amines) is 1. The van der Waals surface area contributed by atoms with Crippen molar-refractivity contribution in [2.24, 2.45) is 11.8 Å². The summed E-state index contributed by atoms with van der Waals surface area (Å²) < 4.78 is -0.781. The Kier molecular flexibility index (Phi) is 8.74. The van der Waals surface area contributed by atoms with Gasteiger partial charge in [-0.05, 0) is 45.7 Å². The van der Waals surface area contributed by atoms with E-state index < -0.39 is 34.2 Å². The number of benzene rings is 1. The number of aliphatic hydroxyl groups is 1. The third-order valence-electron chi connectivity index (χ3n) is 8.35. The van der Waals surface area contributed by atoms with Crippen LogP contribution in [0.4, 0.5) is 5.69 Å². The highest BCUT2D eigenvalue weighted by atomic mass is 79.9. The number of carbonyl (C=O) groups is 3. The number of rotatable bonds is 10. The maximum atomic E-state index is 14.5. The first-order valence-corrected chi connectivity index (χ1v) is 15.4. The normalized spacial score (nSPS) is 30.2. The first kappa shape index (κ1) is 29.9. The summed E-state index contributed by atoms with van der Waals surface area (Å²) >= 11 is 5.46. The molecule has 1 N–H and O–H groups in total. The Hall–Kier alpha value is -2.10. The van der Waals surface area contributed by atoms with Crippen molar-refractivity contribution in [2.75, 3.05) is 24.6 Å². The molecule has 3 amide bonds. The number of hydrogen-bond donors (Lipinski definition) is 1. The van der Waals surface area contributed by atoms with E-state index in [1.54, 1.807) is 38.6 Å². The van der Waals surface area contributed by atoms with Crippen LogP contribution >= 0.6 is 27.7 Å². The van der Waals surface area contributed by atoms with Crippen molar-refractivity contribution in [3.8, 4) is 0 Å². The number of para-hydroxylation sites is 1. The molecule has 0 saturated carbocycles. The highest BCUT2D eigenvalue weighted by Gasteiger charge is 2.76. The second kappa shape index (κ2) is 11.4. The van der Waals surface area contributed by atoms with E-state index in [4.69, 9.17) is 0 Å². The number of nitrogens with zero attached hydrogens (tertiary/aromatic N) is 3. The lowest BCUT2D eigenvalue weighted by atomic mass is 9.70. The predicted molar refractivity (Wildman–Crippen MR) is 161 cm³/mol. The van der Waals surface area contributed by atoms with Gasteiger partial charge in [0.1, 0.15) is 6.04 Å². The fourth-order valence-electron chi connectivity index (χ4n) is 6.65. The van der Waals surface area contributed by atoms with Crippen LogP contribution in [-0.4, -0.2) is 84.8 Å². The average molecular weight is 619 g/mol. The first-order valence-electron chi connectivity index (χ1n) is 13.6. The summed E-state index contributed by atoms with van der Waals surface area (Å²) in [6, 6.07) is 8.13. The summed E-state index contributed by atoms with van der Waals surface area (Å²) in [4.78, 5) is 48.3. The Bertz CT molecular complexity index is 1120. The Balaban J connectivity index is 1.84. The second-order valence-electron chi connectivity index (χ2n) is 11.6. The van der Waals surface area contributed by atoms with Crippen LogP contribution in [0.5, 0.6) is 0 Å². The van der Waals surface area contributed by atoms with Crippen molar-refractivity contribution >= 4 is 51.1 Å². The molecule has 0 aromatic heterocycles. The molecule has 1 spiro atoms. The van der Waals surface area contributed by atoms with E-state index >= 15 is 0 Å². The van der Waals surface area contributed by atoms with Crippen molar-refractivity contribution in [2.45, 2.75) is 73.0 Å². The Labute approximate surface area is 244 Å². The van der Waals surface area contributed by atoms with E-state index in [0.717, 1.165) is 5.69 Å². The average Bonchev–Trinajstić information content (AvgIpc) is 3.49. The molecular formula is C30H40BrN3O4S. The molecule has 3 saturated heterocycles. The summed E-state index contributed by atoms with van der Waals surface area (Å²) in [5.41, 5.74) is 0.241. The number of hydrogen-bond acceptors (Lipinski definition) is 5. The van der Waals surface area contributed by atoms with Gasteiger partial charge in [0.2, 0.25) is 17.7 Å². The van der Waals surface area contributed by atoms with Crippen molar-refractivity contribution in [3.05, 3.63) is 55.6 Å². The van der Waals surface area contributed by atoms with E-state index in [1.165, 1.54) is 0 Å². The van der Waals surface area contributed by atoms with Crippen LogP contribution in [0, 0.1) is 11.8 Å². The van der Waals surface area contributed by atoms with Gasteiger partial charge in [0, 0.05) is 34.4 Å². The van der Waals surface area contributed by atoms with Gasteiger partial charge in [0.05, 0.1) is 29.2 Å². The number of amides is 3. The molecule has 3 unspecified atom stereocenters. The SMILES string of the molecule is C=CCN(C(=O)[C@H]1[C@@H]2SC3(CC2Br)C(C(=O)N(CC=C)C(C)(C)C)N([C@@H](CC)CO)C(=O)[C@H]13)c1ccccc1. The molecule has 3 aliphatic rings. The van der Waals surface area contributed by atoms with Gasteiger partial charge in [-0.3, -0.25) is 14.4 Å². The highest BCUT2D eigenvalue weighted by molar-refractivity contribution is 9.09. The number of alkyl halides is 1. The van der Waals surface area contributed by atoms with Gasteiger partial charge in [-0.2, -0.15) is 0 Å². The van der Waals surface area contributed by atoms with E-state index in [1.807, 2.05) is 58.0 Å². The number of halogens is 1. The smallest absolute Gasteiger partial charge is 0.247 e. The summed E-state index contributed by atoms with van der Waals surface area (Å²) in [5.74, 6) is -1.77. The number of anilines is 1. The van der Waals surface area contributed by atoms with Gasteiger partial charge in [-0.25, -0.2) is 0 Å². The summed E-state index contributed by atoms with van der Waals surface area (Å²) in [6.45, 7) is 16.0. The van der Waals surface area contributed by atoms with E-state index in [0.29, 0.717) is 25.9 Å². The maximum absolute atomic E-state index is 14.5. The number of aliphatic hydroxyl groups excluding tert-OH is 1. The lowest BCUT2D eigenvalue weighted by Crippen LogP contribution is -2.60. The van der Waals surface area contributed by atoms with Crippen molar-refractivity contribution in [3.63, 3.8) is 0 Å². The molecular weight excluding hydrogens is 578 g/mol. The van der Waals surface area contributed by atoms with Gasteiger partial charge < -0.3 is 19.8 Å². The minimum Gasteiger partial charge on any atom is -0.394 e. The van der Waals surface area contributed by atoms with Crippen molar-refractivity contribution in [1.29, 1.82) is 0 Å². The lowest BCUT2D eigenvalue weighted by Gasteiger charge is -2.43.